The largest absolute Gasteiger partial charge is 0.421 e. The van der Waals surface area contributed by atoms with Gasteiger partial charge in [-0.3, -0.25) is 0 Å². The summed E-state index contributed by atoms with van der Waals surface area (Å²) in [4.78, 5) is 8.06. The number of nitrogen functional groups attached to an aromatic ring is 1. The quantitative estimate of drug-likeness (QED) is 0.862. The third kappa shape index (κ3) is 2.57. The highest BCUT2D eigenvalue weighted by Gasteiger charge is 2.10. The lowest BCUT2D eigenvalue weighted by molar-refractivity contribution is 0.439. The molecule has 5 nitrogen and oxygen atoms in total. The third-order valence-electron chi connectivity index (χ3n) is 2.14. The summed E-state index contributed by atoms with van der Waals surface area (Å²) in [5, 5.41) is 8.83. The maximum Gasteiger partial charge on any atom is 0.323 e. The molecule has 0 saturated carbocycles. The van der Waals surface area contributed by atoms with Crippen LogP contribution in [0.3, 0.4) is 0 Å². The van der Waals surface area contributed by atoms with E-state index in [4.69, 9.17) is 15.7 Å². The second-order valence-corrected chi connectivity index (χ2v) is 4.40. The molecule has 1 heterocycles. The van der Waals surface area contributed by atoms with Crippen LogP contribution in [-0.2, 0) is 0 Å². The second kappa shape index (κ2) is 5.02. The molecule has 0 fully saturated rings. The van der Waals surface area contributed by atoms with Crippen LogP contribution in [0, 0.1) is 18.3 Å². The van der Waals surface area contributed by atoms with E-state index in [0.29, 0.717) is 21.6 Å². The zero-order valence-electron chi connectivity index (χ0n) is 9.51. The highest BCUT2D eigenvalue weighted by Crippen LogP contribution is 2.33. The minimum Gasteiger partial charge on any atom is -0.421 e. The average molecular weight is 305 g/mol. The van der Waals surface area contributed by atoms with Crippen LogP contribution < -0.4 is 10.5 Å². The topological polar surface area (TPSA) is 84.8 Å². The van der Waals surface area contributed by atoms with Crippen molar-refractivity contribution in [2.45, 2.75) is 6.92 Å². The number of aromatic nitrogens is 2. The van der Waals surface area contributed by atoms with Gasteiger partial charge in [-0.15, -0.1) is 0 Å². The molecular formula is C12H9BrN4O. The number of halogens is 1. The molecular weight excluding hydrogens is 296 g/mol. The molecule has 1 aromatic carbocycles. The normalized spacial score (nSPS) is 9.83. The van der Waals surface area contributed by atoms with Crippen molar-refractivity contribution < 1.29 is 4.74 Å². The molecule has 0 aliphatic heterocycles. The Labute approximate surface area is 112 Å². The van der Waals surface area contributed by atoms with Crippen LogP contribution in [0.1, 0.15) is 11.4 Å². The monoisotopic (exact) mass is 304 g/mol. The smallest absolute Gasteiger partial charge is 0.323 e. The van der Waals surface area contributed by atoms with Gasteiger partial charge in [0.1, 0.15) is 11.8 Å². The van der Waals surface area contributed by atoms with Gasteiger partial charge in [-0.1, -0.05) is 6.07 Å². The zero-order chi connectivity index (χ0) is 13.1. The molecule has 0 bridgehead atoms. The standard InChI is InChI=1S/C12H9BrN4O/c1-7-5-8(6-14)17-12(16-7)18-11-9(13)3-2-4-10(11)15/h2-5H,15H2,1H3. The van der Waals surface area contributed by atoms with Gasteiger partial charge in [0.2, 0.25) is 0 Å². The molecule has 0 atom stereocenters. The zero-order valence-corrected chi connectivity index (χ0v) is 11.1. The van der Waals surface area contributed by atoms with Crippen LogP contribution in [0.2, 0.25) is 0 Å². The lowest BCUT2D eigenvalue weighted by atomic mass is 10.3. The number of ether oxygens (including phenoxy) is 1. The highest BCUT2D eigenvalue weighted by molar-refractivity contribution is 9.10. The molecule has 18 heavy (non-hydrogen) atoms. The Morgan fingerprint density at radius 1 is 1.39 bits per heavy atom. The van der Waals surface area contributed by atoms with E-state index in [9.17, 15) is 0 Å². The van der Waals surface area contributed by atoms with Crippen LogP contribution in [0.25, 0.3) is 0 Å². The SMILES string of the molecule is Cc1cc(C#N)nc(Oc2c(N)cccc2Br)n1. The Hall–Kier alpha value is -2.13. The minimum atomic E-state index is 0.102. The number of nitriles is 1. The summed E-state index contributed by atoms with van der Waals surface area (Å²) < 4.78 is 6.22. The first-order valence-electron chi connectivity index (χ1n) is 5.08. The van der Waals surface area contributed by atoms with Crippen molar-refractivity contribution in [3.8, 4) is 17.8 Å². The van der Waals surface area contributed by atoms with Gasteiger partial charge >= 0.3 is 6.01 Å². The maximum absolute atomic E-state index is 8.83. The summed E-state index contributed by atoms with van der Waals surface area (Å²) in [5.41, 5.74) is 7.18. The van der Waals surface area contributed by atoms with Gasteiger partial charge in [-0.05, 0) is 41.1 Å². The lowest BCUT2D eigenvalue weighted by Gasteiger charge is -2.09. The van der Waals surface area contributed by atoms with E-state index in [-0.39, 0.29) is 11.7 Å². The van der Waals surface area contributed by atoms with Crippen molar-refractivity contribution >= 4 is 21.6 Å². The second-order valence-electron chi connectivity index (χ2n) is 3.55. The van der Waals surface area contributed by atoms with Crippen molar-refractivity contribution in [1.29, 1.82) is 5.26 Å². The molecule has 0 spiro atoms. The number of anilines is 1. The summed E-state index contributed by atoms with van der Waals surface area (Å²) in [6.07, 6.45) is 0. The first-order chi connectivity index (χ1) is 8.60. The maximum atomic E-state index is 8.83. The van der Waals surface area contributed by atoms with Crippen molar-refractivity contribution in [2.75, 3.05) is 5.73 Å². The van der Waals surface area contributed by atoms with Gasteiger partial charge in [0, 0.05) is 5.69 Å². The molecule has 0 unspecified atom stereocenters. The molecule has 2 N–H and O–H groups in total. The van der Waals surface area contributed by atoms with Crippen LogP contribution in [0.5, 0.6) is 11.8 Å². The van der Waals surface area contributed by atoms with Gasteiger partial charge in [0.25, 0.3) is 0 Å². The predicted octanol–water partition coefficient (Wildman–Crippen LogP) is 2.79. The third-order valence-corrected chi connectivity index (χ3v) is 2.76. The molecule has 1 aromatic heterocycles. The highest BCUT2D eigenvalue weighted by atomic mass is 79.9. The van der Waals surface area contributed by atoms with E-state index in [0.717, 1.165) is 0 Å². The Bertz CT molecular complexity index is 616. The van der Waals surface area contributed by atoms with E-state index in [2.05, 4.69) is 25.9 Å². The van der Waals surface area contributed by atoms with Gasteiger partial charge in [0.05, 0.1) is 10.2 Å². The fourth-order valence-corrected chi connectivity index (χ4v) is 1.83. The van der Waals surface area contributed by atoms with Gasteiger partial charge in [-0.25, -0.2) is 4.98 Å². The average Bonchev–Trinajstić information content (AvgIpc) is 2.33. The fraction of sp³-hybridized carbons (Fsp3) is 0.0833. The number of hydrogen-bond acceptors (Lipinski definition) is 5. The predicted molar refractivity (Wildman–Crippen MR) is 70.1 cm³/mol. The number of nitrogens with two attached hydrogens (primary N) is 1. The molecule has 2 rings (SSSR count). The number of benzene rings is 1. The summed E-state index contributed by atoms with van der Waals surface area (Å²) >= 11 is 3.33. The Morgan fingerprint density at radius 2 is 2.17 bits per heavy atom. The first kappa shape index (κ1) is 12.3. The van der Waals surface area contributed by atoms with Crippen molar-refractivity contribution in [1.82, 2.24) is 9.97 Å². The van der Waals surface area contributed by atoms with Crippen molar-refractivity contribution in [3.05, 3.63) is 40.1 Å². The van der Waals surface area contributed by atoms with Crippen LogP contribution >= 0.6 is 15.9 Å². The molecule has 0 aliphatic carbocycles. The molecule has 2 aromatic rings. The number of aryl methyl sites for hydroxylation is 1. The Kier molecular flexibility index (Phi) is 3.44. The van der Waals surface area contributed by atoms with Crippen LogP contribution in [0.15, 0.2) is 28.7 Å². The molecule has 0 saturated heterocycles. The minimum absolute atomic E-state index is 0.102. The Balaban J connectivity index is 2.40. The molecule has 0 amide bonds. The van der Waals surface area contributed by atoms with Crippen LogP contribution in [-0.4, -0.2) is 9.97 Å². The van der Waals surface area contributed by atoms with Crippen molar-refractivity contribution in [2.24, 2.45) is 0 Å². The Morgan fingerprint density at radius 3 is 2.83 bits per heavy atom. The molecule has 6 heteroatoms. The van der Waals surface area contributed by atoms with Gasteiger partial charge in [0.15, 0.2) is 5.75 Å². The summed E-state index contributed by atoms with van der Waals surface area (Å²) in [7, 11) is 0. The lowest BCUT2D eigenvalue weighted by Crippen LogP contribution is -1.99. The van der Waals surface area contributed by atoms with Crippen molar-refractivity contribution in [3.63, 3.8) is 0 Å². The fourth-order valence-electron chi connectivity index (χ4n) is 1.37. The number of nitrogens with zero attached hydrogens (tertiary/aromatic N) is 3. The van der Waals surface area contributed by atoms with Gasteiger partial charge in [-0.2, -0.15) is 10.2 Å². The van der Waals surface area contributed by atoms with E-state index < -0.39 is 0 Å². The number of hydrogen-bond donors (Lipinski definition) is 1. The number of rotatable bonds is 2. The van der Waals surface area contributed by atoms with Gasteiger partial charge < -0.3 is 10.5 Å². The molecule has 90 valence electrons. The summed E-state index contributed by atoms with van der Waals surface area (Å²) in [6.45, 7) is 1.76. The van der Waals surface area contributed by atoms with E-state index in [1.807, 2.05) is 6.07 Å². The molecule has 0 aliphatic rings. The number of para-hydroxylation sites is 1. The summed E-state index contributed by atoms with van der Waals surface area (Å²) in [5.74, 6) is 0.437. The first-order valence-corrected chi connectivity index (χ1v) is 5.87. The summed E-state index contributed by atoms with van der Waals surface area (Å²) in [6, 6.07) is 8.93. The van der Waals surface area contributed by atoms with E-state index in [1.165, 1.54) is 0 Å². The molecule has 0 radical (unpaired) electrons. The van der Waals surface area contributed by atoms with E-state index >= 15 is 0 Å². The van der Waals surface area contributed by atoms with E-state index in [1.54, 1.807) is 31.2 Å². The van der Waals surface area contributed by atoms with Crippen LogP contribution in [0.4, 0.5) is 5.69 Å².